The Morgan fingerprint density at radius 1 is 1.07 bits per heavy atom. The lowest BCUT2D eigenvalue weighted by Crippen LogP contribution is -2.54. The maximum absolute atomic E-state index is 12.6. The van der Waals surface area contributed by atoms with Crippen molar-refractivity contribution >= 4 is 16.0 Å². The third-order valence-electron chi connectivity index (χ3n) is 4.97. The number of benzene rings is 2. The van der Waals surface area contributed by atoms with Gasteiger partial charge < -0.3 is 5.11 Å². The quantitative estimate of drug-likeness (QED) is 0.726. The molecule has 1 saturated carbocycles. The Bertz CT molecular complexity index is 876. The fraction of sp³-hybridized carbons (Fsp3) is 0.350. The van der Waals surface area contributed by atoms with Crippen LogP contribution in [0.25, 0.3) is 11.1 Å². The molecule has 2 aromatic rings. The van der Waals surface area contributed by atoms with E-state index in [9.17, 15) is 13.2 Å². The van der Waals surface area contributed by atoms with E-state index in [1.54, 1.807) is 24.3 Å². The molecular weight excluding hydrogens is 364 g/mol. The highest BCUT2D eigenvalue weighted by molar-refractivity contribution is 7.89. The zero-order valence-corrected chi connectivity index (χ0v) is 16.0. The molecular formula is C20H24N2O4S. The summed E-state index contributed by atoms with van der Waals surface area (Å²) in [6, 6.07) is 16.6. The van der Waals surface area contributed by atoms with E-state index in [-0.39, 0.29) is 23.5 Å². The topological polar surface area (TPSA) is 86.7 Å². The van der Waals surface area contributed by atoms with Gasteiger partial charge in [0.1, 0.15) is 0 Å². The van der Waals surface area contributed by atoms with Gasteiger partial charge in [-0.1, -0.05) is 49.4 Å². The second-order valence-corrected chi connectivity index (χ2v) is 8.50. The van der Waals surface area contributed by atoms with E-state index in [0.29, 0.717) is 19.4 Å². The number of aliphatic carboxylic acids is 1. The maximum Gasteiger partial charge on any atom is 0.317 e. The van der Waals surface area contributed by atoms with Crippen molar-refractivity contribution in [2.75, 3.05) is 13.1 Å². The van der Waals surface area contributed by atoms with Crippen molar-refractivity contribution in [2.24, 2.45) is 0 Å². The van der Waals surface area contributed by atoms with Gasteiger partial charge in [0.2, 0.25) is 10.0 Å². The van der Waals surface area contributed by atoms with Crippen LogP contribution in [0.1, 0.15) is 19.8 Å². The van der Waals surface area contributed by atoms with E-state index in [0.717, 1.165) is 11.1 Å². The van der Waals surface area contributed by atoms with Gasteiger partial charge in [-0.15, -0.1) is 0 Å². The maximum atomic E-state index is 12.6. The van der Waals surface area contributed by atoms with Crippen LogP contribution in [0.2, 0.25) is 0 Å². The van der Waals surface area contributed by atoms with E-state index in [1.165, 1.54) is 0 Å². The number of likely N-dealkylation sites (N-methyl/N-ethyl adjacent to an activating group) is 1. The number of nitrogens with zero attached hydrogens (tertiary/aromatic N) is 1. The molecule has 0 aliphatic heterocycles. The number of hydrogen-bond acceptors (Lipinski definition) is 4. The minimum atomic E-state index is -3.58. The molecule has 2 N–H and O–H groups in total. The lowest BCUT2D eigenvalue weighted by molar-refractivity contribution is -0.139. The molecule has 0 aromatic heterocycles. The summed E-state index contributed by atoms with van der Waals surface area (Å²) in [6.45, 7) is 2.54. The number of carbonyl (C=O) groups is 1. The van der Waals surface area contributed by atoms with Crippen molar-refractivity contribution in [1.82, 2.24) is 9.62 Å². The monoisotopic (exact) mass is 388 g/mol. The number of carboxylic acids is 1. The van der Waals surface area contributed by atoms with Crippen LogP contribution in [0.5, 0.6) is 0 Å². The number of carboxylic acid groups (broad SMARTS) is 1. The molecule has 0 saturated heterocycles. The van der Waals surface area contributed by atoms with Crippen LogP contribution in [-0.4, -0.2) is 49.6 Å². The van der Waals surface area contributed by atoms with Crippen molar-refractivity contribution in [2.45, 2.75) is 36.7 Å². The summed E-state index contributed by atoms with van der Waals surface area (Å²) >= 11 is 0. The first-order valence-corrected chi connectivity index (χ1v) is 10.5. The highest BCUT2D eigenvalue weighted by Crippen LogP contribution is 2.27. The number of rotatable bonds is 8. The smallest absolute Gasteiger partial charge is 0.317 e. The first-order chi connectivity index (χ1) is 12.9. The summed E-state index contributed by atoms with van der Waals surface area (Å²) in [5, 5.41) is 8.94. The van der Waals surface area contributed by atoms with E-state index in [1.807, 2.05) is 42.2 Å². The van der Waals surface area contributed by atoms with Gasteiger partial charge in [0, 0.05) is 12.1 Å². The molecule has 0 amide bonds. The van der Waals surface area contributed by atoms with E-state index < -0.39 is 16.0 Å². The van der Waals surface area contributed by atoms with Crippen molar-refractivity contribution < 1.29 is 18.3 Å². The lowest BCUT2D eigenvalue weighted by Gasteiger charge is -2.42. The zero-order valence-electron chi connectivity index (χ0n) is 15.2. The van der Waals surface area contributed by atoms with Crippen molar-refractivity contribution in [1.29, 1.82) is 0 Å². The van der Waals surface area contributed by atoms with E-state index >= 15 is 0 Å². The standard InChI is InChI=1S/C20H24N2O4S/c1-2-22(14-20(23)24)18-12-17(13-18)21-27(25,26)19-10-8-16(9-11-19)15-6-4-3-5-7-15/h3-11,17-18,21H,2,12-14H2,1H3,(H,23,24). The predicted molar refractivity (Wildman–Crippen MR) is 104 cm³/mol. The molecule has 27 heavy (non-hydrogen) atoms. The number of hydrogen-bond donors (Lipinski definition) is 2. The Morgan fingerprint density at radius 3 is 2.22 bits per heavy atom. The molecule has 6 nitrogen and oxygen atoms in total. The molecule has 0 radical (unpaired) electrons. The van der Waals surface area contributed by atoms with Gasteiger partial charge in [-0.2, -0.15) is 0 Å². The molecule has 0 spiro atoms. The average molecular weight is 388 g/mol. The second-order valence-electron chi connectivity index (χ2n) is 6.79. The summed E-state index contributed by atoms with van der Waals surface area (Å²) in [6.07, 6.45) is 1.25. The first kappa shape index (κ1) is 19.5. The van der Waals surface area contributed by atoms with Gasteiger partial charge in [0.25, 0.3) is 0 Å². The van der Waals surface area contributed by atoms with Crippen LogP contribution >= 0.6 is 0 Å². The number of nitrogens with one attached hydrogen (secondary N) is 1. The highest BCUT2D eigenvalue weighted by atomic mass is 32.2. The fourth-order valence-corrected chi connectivity index (χ4v) is 4.66. The van der Waals surface area contributed by atoms with Crippen LogP contribution in [-0.2, 0) is 14.8 Å². The van der Waals surface area contributed by atoms with Crippen LogP contribution in [0.15, 0.2) is 59.5 Å². The molecule has 7 heteroatoms. The summed E-state index contributed by atoms with van der Waals surface area (Å²) in [7, 11) is -3.58. The molecule has 3 rings (SSSR count). The van der Waals surface area contributed by atoms with Gasteiger partial charge in [-0.25, -0.2) is 13.1 Å². The molecule has 0 unspecified atom stereocenters. The lowest BCUT2D eigenvalue weighted by atomic mass is 9.86. The molecule has 144 valence electrons. The Kier molecular flexibility index (Phi) is 5.94. The Labute approximate surface area is 159 Å². The molecule has 2 aromatic carbocycles. The summed E-state index contributed by atoms with van der Waals surface area (Å²) in [5.41, 5.74) is 2.00. The van der Waals surface area contributed by atoms with Crippen molar-refractivity contribution in [3.05, 3.63) is 54.6 Å². The largest absolute Gasteiger partial charge is 0.480 e. The van der Waals surface area contributed by atoms with Crippen molar-refractivity contribution in [3.63, 3.8) is 0 Å². The van der Waals surface area contributed by atoms with Crippen LogP contribution < -0.4 is 4.72 Å². The van der Waals surface area contributed by atoms with Crippen LogP contribution in [0.4, 0.5) is 0 Å². The summed E-state index contributed by atoms with van der Waals surface area (Å²) in [4.78, 5) is 13.0. The van der Waals surface area contributed by atoms with Gasteiger partial charge in [0.05, 0.1) is 11.4 Å². The minimum absolute atomic E-state index is 0.0123. The number of sulfonamides is 1. The highest BCUT2D eigenvalue weighted by Gasteiger charge is 2.36. The second kappa shape index (κ2) is 8.21. The van der Waals surface area contributed by atoms with Gasteiger partial charge in [-0.3, -0.25) is 9.69 Å². The molecule has 1 aliphatic rings. The average Bonchev–Trinajstić information content (AvgIpc) is 2.63. The molecule has 0 atom stereocenters. The van der Waals surface area contributed by atoms with Crippen molar-refractivity contribution in [3.8, 4) is 11.1 Å². The minimum Gasteiger partial charge on any atom is -0.480 e. The van der Waals surface area contributed by atoms with Gasteiger partial charge in [0.15, 0.2) is 0 Å². The Balaban J connectivity index is 1.60. The first-order valence-electron chi connectivity index (χ1n) is 9.02. The summed E-state index contributed by atoms with van der Waals surface area (Å²) < 4.78 is 27.9. The molecule has 1 fully saturated rings. The Hall–Kier alpha value is -2.22. The molecule has 0 heterocycles. The Morgan fingerprint density at radius 2 is 1.67 bits per heavy atom. The van der Waals surface area contributed by atoms with Gasteiger partial charge in [-0.05, 0) is 42.6 Å². The zero-order chi connectivity index (χ0) is 19.4. The predicted octanol–water partition coefficient (Wildman–Crippen LogP) is 2.57. The van der Waals surface area contributed by atoms with E-state index in [4.69, 9.17) is 5.11 Å². The summed E-state index contributed by atoms with van der Waals surface area (Å²) in [5.74, 6) is -0.862. The molecule has 1 aliphatic carbocycles. The normalized spacial score (nSPS) is 19.6. The van der Waals surface area contributed by atoms with Crippen LogP contribution in [0.3, 0.4) is 0 Å². The fourth-order valence-electron chi connectivity index (χ4n) is 3.40. The third kappa shape index (κ3) is 4.74. The SMILES string of the molecule is CCN(CC(=O)O)C1CC(NS(=O)(=O)c2ccc(-c3ccccc3)cc2)C1. The molecule has 0 bridgehead atoms. The van der Waals surface area contributed by atoms with Gasteiger partial charge >= 0.3 is 5.97 Å². The van der Waals surface area contributed by atoms with E-state index in [2.05, 4.69) is 4.72 Å². The third-order valence-corrected chi connectivity index (χ3v) is 6.50. The van der Waals surface area contributed by atoms with Crippen LogP contribution in [0, 0.1) is 0 Å².